The number of carbonyl (C=O) groups excluding carboxylic acids is 1. The molecular weight excluding hydrogens is 276 g/mol. The highest BCUT2D eigenvalue weighted by molar-refractivity contribution is 7.91. The van der Waals surface area contributed by atoms with E-state index in [9.17, 15) is 13.2 Å². The number of rotatable bonds is 7. The summed E-state index contributed by atoms with van der Waals surface area (Å²) in [4.78, 5) is 14.2. The van der Waals surface area contributed by atoms with E-state index in [0.29, 0.717) is 6.42 Å². The van der Waals surface area contributed by atoms with Gasteiger partial charge in [0.15, 0.2) is 9.84 Å². The molecule has 0 unspecified atom stereocenters. The summed E-state index contributed by atoms with van der Waals surface area (Å²) in [6, 6.07) is -0.119. The Morgan fingerprint density at radius 3 is 2.15 bits per heavy atom. The van der Waals surface area contributed by atoms with Gasteiger partial charge >= 0.3 is 6.03 Å². The average molecular weight is 304 g/mol. The first kappa shape index (κ1) is 17.3. The Labute approximate surface area is 123 Å². The molecule has 1 aliphatic heterocycles. The Kier molecular flexibility index (Phi) is 6.30. The zero-order chi connectivity index (χ0) is 15.2. The van der Waals surface area contributed by atoms with E-state index in [0.717, 1.165) is 38.8 Å². The molecule has 20 heavy (non-hydrogen) atoms. The van der Waals surface area contributed by atoms with Crippen LogP contribution in [0.25, 0.3) is 0 Å². The fourth-order valence-corrected chi connectivity index (χ4v) is 4.55. The molecule has 0 bridgehead atoms. The van der Waals surface area contributed by atoms with Crippen LogP contribution in [0.3, 0.4) is 0 Å². The number of nitrogens with one attached hydrogen (secondary N) is 1. The lowest BCUT2D eigenvalue weighted by atomic mass is 10.0. The first-order valence-electron chi connectivity index (χ1n) is 7.59. The Morgan fingerprint density at radius 2 is 1.75 bits per heavy atom. The Bertz CT molecular complexity index is 414. The average Bonchev–Trinajstić information content (AvgIpc) is 2.63. The van der Waals surface area contributed by atoms with E-state index in [2.05, 4.69) is 19.2 Å². The molecule has 5 nitrogen and oxygen atoms in total. The van der Waals surface area contributed by atoms with Gasteiger partial charge in [0, 0.05) is 13.1 Å². The second-order valence-electron chi connectivity index (χ2n) is 6.03. The smallest absolute Gasteiger partial charge is 0.317 e. The number of hydrogen-bond acceptors (Lipinski definition) is 3. The second kappa shape index (κ2) is 7.29. The van der Waals surface area contributed by atoms with Crippen molar-refractivity contribution in [3.05, 3.63) is 0 Å². The molecule has 0 aromatic carbocycles. The number of carbonyl (C=O) groups is 1. The van der Waals surface area contributed by atoms with Gasteiger partial charge in [0.1, 0.15) is 0 Å². The molecule has 0 saturated carbocycles. The molecule has 2 amide bonds. The lowest BCUT2D eigenvalue weighted by Gasteiger charge is -2.30. The molecule has 0 spiro atoms. The van der Waals surface area contributed by atoms with Crippen LogP contribution in [0, 0.1) is 0 Å². The van der Waals surface area contributed by atoms with Gasteiger partial charge in [-0.15, -0.1) is 0 Å². The van der Waals surface area contributed by atoms with Gasteiger partial charge in [0.2, 0.25) is 0 Å². The maximum Gasteiger partial charge on any atom is 0.317 e. The summed E-state index contributed by atoms with van der Waals surface area (Å²) in [5, 5.41) is 2.94. The van der Waals surface area contributed by atoms with Gasteiger partial charge in [-0.3, -0.25) is 0 Å². The third-order valence-electron chi connectivity index (χ3n) is 3.76. The van der Waals surface area contributed by atoms with E-state index < -0.39 is 15.4 Å². The lowest BCUT2D eigenvalue weighted by molar-refractivity contribution is 0.185. The minimum atomic E-state index is -2.99. The first-order valence-corrected chi connectivity index (χ1v) is 9.41. The van der Waals surface area contributed by atoms with Crippen molar-refractivity contribution < 1.29 is 13.2 Å². The first-order chi connectivity index (χ1) is 9.32. The van der Waals surface area contributed by atoms with Gasteiger partial charge in [-0.2, -0.15) is 0 Å². The molecule has 1 heterocycles. The van der Waals surface area contributed by atoms with Crippen LogP contribution in [0.5, 0.6) is 0 Å². The SMILES string of the molecule is CCCCN(CCCC)C(=O)N[C@@]1(C)CCS(=O)(=O)C1. The van der Waals surface area contributed by atoms with Crippen LogP contribution in [0.1, 0.15) is 52.9 Å². The molecule has 0 aliphatic carbocycles. The van der Waals surface area contributed by atoms with Crippen LogP contribution in [0.4, 0.5) is 4.79 Å². The molecule has 1 aliphatic rings. The molecule has 1 rings (SSSR count). The Hall–Kier alpha value is -0.780. The second-order valence-corrected chi connectivity index (χ2v) is 8.21. The highest BCUT2D eigenvalue weighted by atomic mass is 32.2. The van der Waals surface area contributed by atoms with E-state index in [1.807, 2.05) is 11.8 Å². The van der Waals surface area contributed by atoms with Crippen molar-refractivity contribution in [2.45, 2.75) is 58.4 Å². The van der Waals surface area contributed by atoms with E-state index >= 15 is 0 Å². The topological polar surface area (TPSA) is 66.5 Å². The quantitative estimate of drug-likeness (QED) is 0.784. The summed E-state index contributed by atoms with van der Waals surface area (Å²) in [5.74, 6) is 0.231. The summed E-state index contributed by atoms with van der Waals surface area (Å²) >= 11 is 0. The summed E-state index contributed by atoms with van der Waals surface area (Å²) in [5.41, 5.74) is -0.605. The van der Waals surface area contributed by atoms with E-state index in [1.165, 1.54) is 0 Å². The molecule has 1 fully saturated rings. The molecule has 0 aromatic rings. The van der Waals surface area contributed by atoms with Gasteiger partial charge < -0.3 is 10.2 Å². The fraction of sp³-hybridized carbons (Fsp3) is 0.929. The van der Waals surface area contributed by atoms with Crippen molar-refractivity contribution in [2.24, 2.45) is 0 Å². The van der Waals surface area contributed by atoms with Crippen molar-refractivity contribution in [3.8, 4) is 0 Å². The molecule has 0 aromatic heterocycles. The van der Waals surface area contributed by atoms with Crippen molar-refractivity contribution in [1.29, 1.82) is 0 Å². The van der Waals surface area contributed by atoms with Crippen LogP contribution in [0.2, 0.25) is 0 Å². The van der Waals surface area contributed by atoms with Crippen molar-refractivity contribution >= 4 is 15.9 Å². The molecule has 6 heteroatoms. The van der Waals surface area contributed by atoms with Crippen LogP contribution in [-0.2, 0) is 9.84 Å². The maximum absolute atomic E-state index is 12.3. The zero-order valence-corrected chi connectivity index (χ0v) is 13.8. The third kappa shape index (κ3) is 5.31. The predicted molar refractivity (Wildman–Crippen MR) is 81.6 cm³/mol. The van der Waals surface area contributed by atoms with Gasteiger partial charge in [-0.1, -0.05) is 26.7 Å². The largest absolute Gasteiger partial charge is 0.332 e. The summed E-state index contributed by atoms with van der Waals surface area (Å²) in [7, 11) is -2.99. The number of sulfone groups is 1. The number of amides is 2. The minimum Gasteiger partial charge on any atom is -0.332 e. The zero-order valence-electron chi connectivity index (χ0n) is 12.9. The van der Waals surface area contributed by atoms with E-state index in [-0.39, 0.29) is 17.5 Å². The normalized spacial score (nSPS) is 24.6. The van der Waals surface area contributed by atoms with Crippen LogP contribution in [0.15, 0.2) is 0 Å². The van der Waals surface area contributed by atoms with Gasteiger partial charge in [0.05, 0.1) is 17.0 Å². The fourth-order valence-electron chi connectivity index (χ4n) is 2.46. The van der Waals surface area contributed by atoms with Crippen molar-refractivity contribution in [2.75, 3.05) is 24.6 Å². The highest BCUT2D eigenvalue weighted by Crippen LogP contribution is 2.23. The molecule has 1 N–H and O–H groups in total. The lowest BCUT2D eigenvalue weighted by Crippen LogP contribution is -2.52. The van der Waals surface area contributed by atoms with Crippen LogP contribution < -0.4 is 5.32 Å². The van der Waals surface area contributed by atoms with Crippen molar-refractivity contribution in [3.63, 3.8) is 0 Å². The van der Waals surface area contributed by atoms with E-state index in [4.69, 9.17) is 0 Å². The summed E-state index contributed by atoms with van der Waals surface area (Å²) < 4.78 is 23.2. The summed E-state index contributed by atoms with van der Waals surface area (Å²) in [6.45, 7) is 7.51. The Balaban J connectivity index is 2.60. The van der Waals surface area contributed by atoms with E-state index in [1.54, 1.807) is 0 Å². The molecule has 118 valence electrons. The minimum absolute atomic E-state index is 0.0567. The maximum atomic E-state index is 12.3. The Morgan fingerprint density at radius 1 is 1.20 bits per heavy atom. The number of urea groups is 1. The molecule has 1 atom stereocenters. The highest BCUT2D eigenvalue weighted by Gasteiger charge is 2.40. The number of unbranched alkanes of at least 4 members (excludes halogenated alkanes) is 2. The van der Waals surface area contributed by atoms with Crippen molar-refractivity contribution in [1.82, 2.24) is 10.2 Å². The number of hydrogen-bond donors (Lipinski definition) is 1. The van der Waals surface area contributed by atoms with Crippen LogP contribution in [-0.4, -0.2) is 49.5 Å². The van der Waals surface area contributed by atoms with Gasteiger partial charge in [0.25, 0.3) is 0 Å². The standard InChI is InChI=1S/C14H28N2O3S/c1-4-6-9-16(10-7-5-2)13(17)15-14(3)8-11-20(18,19)12-14/h4-12H2,1-3H3,(H,15,17)/t14-/m0/s1. The third-order valence-corrected chi connectivity index (χ3v) is 5.67. The van der Waals surface area contributed by atoms with Gasteiger partial charge in [-0.25, -0.2) is 13.2 Å². The van der Waals surface area contributed by atoms with Crippen LogP contribution >= 0.6 is 0 Å². The summed E-state index contributed by atoms with van der Waals surface area (Å²) in [6.07, 6.45) is 4.55. The molecular formula is C14H28N2O3S. The predicted octanol–water partition coefficient (Wildman–Crippen LogP) is 2.18. The monoisotopic (exact) mass is 304 g/mol. The molecule has 0 radical (unpaired) electrons. The molecule has 1 saturated heterocycles. The van der Waals surface area contributed by atoms with Gasteiger partial charge in [-0.05, 0) is 26.2 Å². The number of nitrogens with zero attached hydrogens (tertiary/aromatic N) is 1.